The van der Waals surface area contributed by atoms with Crippen molar-refractivity contribution >= 4 is 40.1 Å². The average Bonchev–Trinajstić information content (AvgIpc) is 3.53. The summed E-state index contributed by atoms with van der Waals surface area (Å²) in [5.74, 6) is 0.475. The maximum absolute atomic E-state index is 12.9. The molecule has 0 fully saturated rings. The molecule has 2 amide bonds. The predicted molar refractivity (Wildman–Crippen MR) is 155 cm³/mol. The van der Waals surface area contributed by atoms with E-state index in [9.17, 15) is 9.59 Å². The van der Waals surface area contributed by atoms with Gasteiger partial charge in [0.2, 0.25) is 5.91 Å². The van der Waals surface area contributed by atoms with Crippen LogP contribution in [-0.2, 0) is 9.59 Å². The van der Waals surface area contributed by atoms with Crippen LogP contribution in [0.25, 0.3) is 0 Å². The highest BCUT2D eigenvalue weighted by Gasteiger charge is 2.39. The largest absolute Gasteiger partial charge is 0.497 e. The number of amides is 2. The lowest BCUT2D eigenvalue weighted by molar-refractivity contribution is -0.121. The Labute approximate surface area is 232 Å². The maximum atomic E-state index is 12.9. The Kier molecular flexibility index (Phi) is 7.70. The second kappa shape index (κ2) is 11.3. The quantitative estimate of drug-likeness (QED) is 0.424. The van der Waals surface area contributed by atoms with Crippen LogP contribution in [0.4, 0.5) is 5.69 Å². The molecule has 0 spiro atoms. The van der Waals surface area contributed by atoms with Gasteiger partial charge in [-0.1, -0.05) is 71.4 Å². The number of hydrogen-bond donors (Lipinski definition) is 1. The Morgan fingerprint density at radius 1 is 0.974 bits per heavy atom. The Balaban J connectivity index is 1.33. The van der Waals surface area contributed by atoms with Gasteiger partial charge in [-0.15, -0.1) is 0 Å². The SMILES string of the molecule is COc1cc(NC(=O)CC2SC(N3N=C(c4ccc(C)cc4)CC3c3ccc(C)cc3)=NC2=O)cc(OC)c1. The number of carbonyl (C=O) groups is 2. The normalized spacial score (nSPS) is 18.6. The predicted octanol–water partition coefficient (Wildman–Crippen LogP) is 5.50. The van der Waals surface area contributed by atoms with Gasteiger partial charge in [0.25, 0.3) is 5.91 Å². The van der Waals surface area contributed by atoms with Crippen molar-refractivity contribution in [3.63, 3.8) is 0 Å². The second-order valence-corrected chi connectivity index (χ2v) is 10.8. The van der Waals surface area contributed by atoms with Crippen LogP contribution in [0.15, 0.2) is 76.8 Å². The number of carbonyl (C=O) groups excluding carboxylic acids is 2. The van der Waals surface area contributed by atoms with Crippen molar-refractivity contribution in [1.29, 1.82) is 0 Å². The van der Waals surface area contributed by atoms with Crippen molar-refractivity contribution in [3.05, 3.63) is 89.0 Å². The molecular weight excluding hydrogens is 512 g/mol. The molecule has 3 aromatic rings. The second-order valence-electron chi connectivity index (χ2n) is 9.58. The first kappa shape index (κ1) is 26.5. The molecular formula is C30H30N4O4S. The van der Waals surface area contributed by atoms with Crippen LogP contribution < -0.4 is 14.8 Å². The molecule has 0 aliphatic carbocycles. The topological polar surface area (TPSA) is 92.6 Å². The standard InChI is InChI=1S/C30H30N4O4S/c1-18-5-9-20(10-6-18)25-16-26(21-11-7-19(2)8-12-21)34(33-25)30-32-29(36)27(39-30)17-28(35)31-22-13-23(37-3)15-24(14-22)38-4/h5-15,26-27H,16-17H2,1-4H3,(H,31,35). The maximum Gasteiger partial charge on any atom is 0.262 e. The molecule has 200 valence electrons. The average molecular weight is 543 g/mol. The summed E-state index contributed by atoms with van der Waals surface area (Å²) in [7, 11) is 3.09. The lowest BCUT2D eigenvalue weighted by Gasteiger charge is -2.23. The Bertz CT molecular complexity index is 1430. The van der Waals surface area contributed by atoms with Gasteiger partial charge in [0.05, 0.1) is 26.0 Å². The van der Waals surface area contributed by atoms with Crippen molar-refractivity contribution in [2.24, 2.45) is 10.1 Å². The van der Waals surface area contributed by atoms with Crippen LogP contribution in [0, 0.1) is 13.8 Å². The van der Waals surface area contributed by atoms with Crippen LogP contribution in [0.5, 0.6) is 11.5 Å². The van der Waals surface area contributed by atoms with E-state index >= 15 is 0 Å². The third-order valence-corrected chi connectivity index (χ3v) is 7.83. The summed E-state index contributed by atoms with van der Waals surface area (Å²) in [5.41, 5.74) is 5.95. The fourth-order valence-electron chi connectivity index (χ4n) is 4.52. The lowest BCUT2D eigenvalue weighted by Crippen LogP contribution is -2.25. The summed E-state index contributed by atoms with van der Waals surface area (Å²) in [6, 6.07) is 21.6. The minimum atomic E-state index is -0.634. The van der Waals surface area contributed by atoms with E-state index in [1.165, 1.54) is 22.9 Å². The summed E-state index contributed by atoms with van der Waals surface area (Å²) >= 11 is 1.28. The molecule has 3 aromatic carbocycles. The first-order chi connectivity index (χ1) is 18.8. The number of methoxy groups -OCH3 is 2. The number of ether oxygens (including phenoxy) is 2. The first-order valence-corrected chi connectivity index (χ1v) is 13.5. The smallest absolute Gasteiger partial charge is 0.262 e. The van der Waals surface area contributed by atoms with Gasteiger partial charge in [0, 0.05) is 36.7 Å². The van der Waals surface area contributed by atoms with Crippen molar-refractivity contribution < 1.29 is 19.1 Å². The first-order valence-electron chi connectivity index (χ1n) is 12.7. The molecule has 0 aromatic heterocycles. The van der Waals surface area contributed by atoms with Crippen molar-refractivity contribution in [2.45, 2.75) is 38.0 Å². The number of benzene rings is 3. The summed E-state index contributed by atoms with van der Waals surface area (Å²) in [6.45, 7) is 4.11. The van der Waals surface area contributed by atoms with E-state index in [0.717, 1.165) is 16.8 Å². The third-order valence-electron chi connectivity index (χ3n) is 6.69. The van der Waals surface area contributed by atoms with E-state index in [0.29, 0.717) is 28.8 Å². The zero-order valence-corrected chi connectivity index (χ0v) is 23.1. The highest BCUT2D eigenvalue weighted by Crippen LogP contribution is 2.39. The van der Waals surface area contributed by atoms with Crippen molar-refractivity contribution in [2.75, 3.05) is 19.5 Å². The molecule has 0 bridgehead atoms. The number of hydrazone groups is 1. The van der Waals surface area contributed by atoms with Gasteiger partial charge in [-0.3, -0.25) is 9.59 Å². The number of rotatable bonds is 7. The van der Waals surface area contributed by atoms with Crippen LogP contribution in [-0.4, -0.2) is 47.2 Å². The van der Waals surface area contributed by atoms with Crippen LogP contribution in [0.3, 0.4) is 0 Å². The minimum Gasteiger partial charge on any atom is -0.497 e. The molecule has 0 radical (unpaired) electrons. The molecule has 0 saturated carbocycles. The van der Waals surface area contributed by atoms with E-state index in [2.05, 4.69) is 72.7 Å². The molecule has 9 heteroatoms. The monoisotopic (exact) mass is 542 g/mol. The Morgan fingerprint density at radius 3 is 2.21 bits per heavy atom. The zero-order valence-electron chi connectivity index (χ0n) is 22.3. The fraction of sp³-hybridized carbons (Fsp3) is 0.267. The molecule has 2 aliphatic heterocycles. The van der Waals surface area contributed by atoms with Gasteiger partial charge in [0.15, 0.2) is 5.17 Å². The number of amidine groups is 1. The zero-order chi connectivity index (χ0) is 27.5. The van der Waals surface area contributed by atoms with E-state index in [1.807, 2.05) is 5.01 Å². The molecule has 0 saturated heterocycles. The minimum absolute atomic E-state index is 0.0202. The highest BCUT2D eigenvalue weighted by molar-refractivity contribution is 8.15. The molecule has 39 heavy (non-hydrogen) atoms. The summed E-state index contributed by atoms with van der Waals surface area (Å²) in [5, 5.41) is 9.48. The van der Waals surface area contributed by atoms with E-state index in [-0.39, 0.29) is 24.3 Å². The highest BCUT2D eigenvalue weighted by atomic mass is 32.2. The van der Waals surface area contributed by atoms with Crippen molar-refractivity contribution in [3.8, 4) is 11.5 Å². The van der Waals surface area contributed by atoms with Crippen LogP contribution in [0.1, 0.15) is 41.1 Å². The van der Waals surface area contributed by atoms with E-state index < -0.39 is 5.25 Å². The number of nitrogens with one attached hydrogen (secondary N) is 1. The number of aliphatic imine (C=N–C) groups is 1. The molecule has 2 atom stereocenters. The number of anilines is 1. The van der Waals surface area contributed by atoms with Gasteiger partial charge >= 0.3 is 0 Å². The van der Waals surface area contributed by atoms with Gasteiger partial charge in [-0.2, -0.15) is 10.1 Å². The molecule has 2 aliphatic rings. The Hall–Kier alpha value is -4.11. The lowest BCUT2D eigenvalue weighted by atomic mass is 9.97. The van der Waals surface area contributed by atoms with Gasteiger partial charge in [0.1, 0.15) is 16.7 Å². The number of hydrogen-bond acceptors (Lipinski definition) is 7. The molecule has 5 rings (SSSR count). The van der Waals surface area contributed by atoms with E-state index in [1.54, 1.807) is 32.4 Å². The number of thioether (sulfide) groups is 1. The fourth-order valence-corrected chi connectivity index (χ4v) is 5.58. The summed E-state index contributed by atoms with van der Waals surface area (Å²) in [6.07, 6.45) is 0.663. The summed E-state index contributed by atoms with van der Waals surface area (Å²) in [4.78, 5) is 30.1. The van der Waals surface area contributed by atoms with Gasteiger partial charge in [-0.05, 0) is 25.0 Å². The summed E-state index contributed by atoms with van der Waals surface area (Å²) < 4.78 is 10.5. The molecule has 2 unspecified atom stereocenters. The van der Waals surface area contributed by atoms with Crippen LogP contribution in [0.2, 0.25) is 0 Å². The molecule has 2 heterocycles. The number of aryl methyl sites for hydroxylation is 2. The van der Waals surface area contributed by atoms with Crippen LogP contribution >= 0.6 is 11.8 Å². The van der Waals surface area contributed by atoms with Gasteiger partial charge in [-0.25, -0.2) is 5.01 Å². The van der Waals surface area contributed by atoms with Crippen molar-refractivity contribution in [1.82, 2.24) is 5.01 Å². The number of nitrogens with zero attached hydrogens (tertiary/aromatic N) is 3. The molecule has 8 nitrogen and oxygen atoms in total. The van der Waals surface area contributed by atoms with Gasteiger partial charge < -0.3 is 14.8 Å². The Morgan fingerprint density at radius 2 is 1.59 bits per heavy atom. The van der Waals surface area contributed by atoms with E-state index in [4.69, 9.17) is 14.6 Å². The molecule has 1 N–H and O–H groups in total. The third kappa shape index (κ3) is 5.98.